The van der Waals surface area contributed by atoms with Crippen molar-refractivity contribution in [2.45, 2.75) is 121 Å². The number of carbonyl (C=O) groups is 1. The molecule has 2 heterocycles. The van der Waals surface area contributed by atoms with Gasteiger partial charge in [-0.3, -0.25) is 9.78 Å². The zero-order chi connectivity index (χ0) is 40.7. The fourth-order valence-corrected chi connectivity index (χ4v) is 7.21. The van der Waals surface area contributed by atoms with Gasteiger partial charge in [0.15, 0.2) is 5.78 Å². The van der Waals surface area contributed by atoms with Gasteiger partial charge >= 0.3 is 6.18 Å². The van der Waals surface area contributed by atoms with E-state index in [9.17, 15) is 23.1 Å². The number of ether oxygens (including phenoxy) is 1. The molecule has 6 rings (SSSR count). The average molecular weight is 945 g/mol. The summed E-state index contributed by atoms with van der Waals surface area (Å²) in [6.45, 7) is 21.2. The molecule has 1 aliphatic heterocycles. The summed E-state index contributed by atoms with van der Waals surface area (Å²) in [5.74, 6) is 1.72. The van der Waals surface area contributed by atoms with Crippen LogP contribution in [-0.4, -0.2) is 22.1 Å². The zero-order valence-electron chi connectivity index (χ0n) is 34.8. The number of benzene rings is 4. The maximum absolute atomic E-state index is 13.6. The summed E-state index contributed by atoms with van der Waals surface area (Å²) in [5.41, 5.74) is 1.03. The van der Waals surface area contributed by atoms with E-state index in [4.69, 9.17) is 9.72 Å². The minimum atomic E-state index is -4.28. The minimum Gasteiger partial charge on any atom is -0.512 e. The molecule has 0 spiro atoms. The number of fused-ring (bicyclic) bond motifs is 5. The molecule has 1 radical (unpaired) electrons. The summed E-state index contributed by atoms with van der Waals surface area (Å²) < 4.78 is 47.5. The first-order valence-electron chi connectivity index (χ1n) is 19.6. The molecule has 1 aliphatic rings. The van der Waals surface area contributed by atoms with Gasteiger partial charge in [-0.1, -0.05) is 129 Å². The summed E-state index contributed by atoms with van der Waals surface area (Å²) >= 11 is 0. The molecule has 0 amide bonds. The fourth-order valence-electron chi connectivity index (χ4n) is 7.21. The van der Waals surface area contributed by atoms with Crippen molar-refractivity contribution in [3.63, 3.8) is 0 Å². The maximum atomic E-state index is 13.6. The molecule has 4 nitrogen and oxygen atoms in total. The second-order valence-electron chi connectivity index (χ2n) is 17.7. The molecule has 56 heavy (non-hydrogen) atoms. The van der Waals surface area contributed by atoms with Crippen LogP contribution in [0.2, 0.25) is 0 Å². The van der Waals surface area contributed by atoms with Crippen LogP contribution in [0.4, 0.5) is 13.2 Å². The summed E-state index contributed by atoms with van der Waals surface area (Å²) in [5, 5.41) is 15.9. The van der Waals surface area contributed by atoms with Crippen LogP contribution in [0.25, 0.3) is 43.6 Å². The molecule has 0 saturated heterocycles. The molecule has 0 fully saturated rings. The van der Waals surface area contributed by atoms with Crippen LogP contribution in [0.5, 0.6) is 11.5 Å². The molecule has 0 bridgehead atoms. The molecule has 1 aromatic heterocycles. The third kappa shape index (κ3) is 8.87. The molecule has 0 aliphatic carbocycles. The van der Waals surface area contributed by atoms with Crippen LogP contribution in [-0.2, 0) is 37.7 Å². The van der Waals surface area contributed by atoms with Gasteiger partial charge in [0.25, 0.3) is 0 Å². The number of aliphatic hydroxyl groups excluding tert-OH is 1. The molecular weight excluding hydrogens is 888 g/mol. The predicted molar refractivity (Wildman–Crippen MR) is 221 cm³/mol. The summed E-state index contributed by atoms with van der Waals surface area (Å²) in [7, 11) is 0. The van der Waals surface area contributed by atoms with Crippen LogP contribution in [0.3, 0.4) is 0 Å². The molecule has 4 aromatic carbocycles. The van der Waals surface area contributed by atoms with E-state index in [2.05, 4.69) is 39.0 Å². The van der Waals surface area contributed by atoms with Crippen LogP contribution in [0.1, 0.15) is 113 Å². The maximum Gasteiger partial charge on any atom is 0.394 e. The third-order valence-electron chi connectivity index (χ3n) is 12.1. The smallest absolute Gasteiger partial charge is 0.394 e. The summed E-state index contributed by atoms with van der Waals surface area (Å²) in [4.78, 5) is 17.0. The van der Waals surface area contributed by atoms with E-state index >= 15 is 0 Å². The number of halogens is 3. The van der Waals surface area contributed by atoms with Crippen molar-refractivity contribution in [3.8, 4) is 22.8 Å². The number of hydrogen-bond donors (Lipinski definition) is 1. The molecule has 8 heteroatoms. The number of hydrogen-bond acceptors (Lipinski definition) is 4. The first kappa shape index (κ1) is 45.0. The Bertz CT molecular complexity index is 2260. The van der Waals surface area contributed by atoms with Crippen molar-refractivity contribution >= 4 is 38.1 Å². The van der Waals surface area contributed by atoms with E-state index in [1.807, 2.05) is 77.9 Å². The Kier molecular flexibility index (Phi) is 13.3. The van der Waals surface area contributed by atoms with Crippen molar-refractivity contribution < 1.29 is 47.9 Å². The largest absolute Gasteiger partial charge is 0.512 e. The van der Waals surface area contributed by atoms with E-state index in [-0.39, 0.29) is 54.3 Å². The normalized spacial score (nSPS) is 13.5. The Labute approximate surface area is 344 Å². The van der Waals surface area contributed by atoms with Gasteiger partial charge in [-0.2, -0.15) is 13.2 Å². The second kappa shape index (κ2) is 16.6. The predicted octanol–water partition coefficient (Wildman–Crippen LogP) is 14.5. The fraction of sp³-hybridized carbons (Fsp3) is 0.458. The Morgan fingerprint density at radius 1 is 0.804 bits per heavy atom. The van der Waals surface area contributed by atoms with Gasteiger partial charge in [-0.15, -0.1) is 17.5 Å². The number of alkyl halides is 3. The van der Waals surface area contributed by atoms with Crippen LogP contribution in [0.15, 0.2) is 72.6 Å². The van der Waals surface area contributed by atoms with E-state index in [0.29, 0.717) is 11.3 Å². The number of allylic oxidation sites excluding steroid dienone is 2. The van der Waals surface area contributed by atoms with Crippen molar-refractivity contribution in [1.82, 2.24) is 4.98 Å². The number of carbonyl (C=O) groups excluding carboxylic acids is 1. The Balaban J connectivity index is 0.000000330. The van der Waals surface area contributed by atoms with Crippen LogP contribution >= 0.6 is 0 Å². The van der Waals surface area contributed by atoms with Gasteiger partial charge in [0.2, 0.25) is 0 Å². The van der Waals surface area contributed by atoms with E-state index in [0.717, 1.165) is 87.0 Å². The topological polar surface area (TPSA) is 59.4 Å². The quantitative estimate of drug-likeness (QED) is 0.0643. The van der Waals surface area contributed by atoms with Gasteiger partial charge in [-0.05, 0) is 77.8 Å². The number of aromatic nitrogens is 1. The monoisotopic (exact) mass is 945 g/mol. The average Bonchev–Trinajstić information content (AvgIpc) is 3.13. The zero-order valence-corrected chi connectivity index (χ0v) is 37.2. The Morgan fingerprint density at radius 3 is 2.02 bits per heavy atom. The minimum absolute atomic E-state index is 0. The van der Waals surface area contributed by atoms with Crippen molar-refractivity contribution in [1.29, 1.82) is 0 Å². The van der Waals surface area contributed by atoms with Crippen molar-refractivity contribution in [2.75, 3.05) is 0 Å². The van der Waals surface area contributed by atoms with E-state index < -0.39 is 11.6 Å². The number of pyridine rings is 1. The van der Waals surface area contributed by atoms with Gasteiger partial charge in [0.05, 0.1) is 11.2 Å². The van der Waals surface area contributed by atoms with Gasteiger partial charge in [0.1, 0.15) is 11.5 Å². The van der Waals surface area contributed by atoms with Crippen LogP contribution in [0, 0.1) is 27.7 Å². The van der Waals surface area contributed by atoms with Crippen molar-refractivity contribution in [3.05, 3.63) is 89.8 Å². The molecule has 0 unspecified atom stereocenters. The van der Waals surface area contributed by atoms with Crippen molar-refractivity contribution in [2.24, 2.45) is 21.7 Å². The SMILES string of the molecule is CC(C)(C)Cc1c2c([c-]c3ccccc13)-c1nccc3c1c(cc1cc(CC(C)(C)C(F)(F)F)ccc13)O2.CCC(C)(CC)C(=O)/C=C(\O)C(C)(CC)CC.[Ir]. The van der Waals surface area contributed by atoms with E-state index in [1.54, 1.807) is 12.3 Å². The van der Waals surface area contributed by atoms with Crippen LogP contribution < -0.4 is 4.74 Å². The molecule has 303 valence electrons. The number of nitrogens with zero attached hydrogens (tertiary/aromatic N) is 1. The standard InChI is InChI=1S/C33H29F3NO.C15H28O2.Ir/c1-31(2,3)18-26-22-9-7-6-8-20(22)15-25-29-28-24(12-13-37-29)23-11-10-19(17-32(4,5)33(34,35)36)14-21(23)16-27(28)38-30(25)26;1-7-14(5,8-2)12(16)11-13(17)15(6,9-3)10-4;/h6-14,16H,17-18H2,1-5H3;11,16H,7-10H2,1-6H3;/q-1;;/b;12-11-;. The van der Waals surface area contributed by atoms with Gasteiger partial charge < -0.3 is 9.84 Å². The van der Waals surface area contributed by atoms with E-state index in [1.165, 1.54) is 19.9 Å². The Morgan fingerprint density at radius 2 is 1.43 bits per heavy atom. The summed E-state index contributed by atoms with van der Waals surface area (Å²) in [6.07, 6.45) is 2.97. The molecule has 0 saturated carbocycles. The number of ketones is 1. The molecule has 0 atom stereocenters. The Hall–Kier alpha value is -3.74. The number of aliphatic hydroxyl groups is 1. The second-order valence-corrected chi connectivity index (χ2v) is 17.7. The molecule has 1 N–H and O–H groups in total. The van der Waals surface area contributed by atoms with Gasteiger partial charge in [-0.25, -0.2) is 0 Å². The third-order valence-corrected chi connectivity index (χ3v) is 12.1. The van der Waals surface area contributed by atoms with Gasteiger partial charge in [0, 0.05) is 54.3 Å². The molecule has 5 aromatic rings. The first-order valence-corrected chi connectivity index (χ1v) is 19.6. The first-order chi connectivity index (χ1) is 25.6. The molecular formula is C48H57F3IrNO3-. The number of rotatable bonds is 10. The summed E-state index contributed by atoms with van der Waals surface area (Å²) in [6, 6.07) is 21.3.